The zero-order chi connectivity index (χ0) is 12.1. The molecule has 2 N–H and O–H groups in total. The van der Waals surface area contributed by atoms with E-state index < -0.39 is 10.2 Å². The summed E-state index contributed by atoms with van der Waals surface area (Å²) < 4.78 is 33.0. The molecule has 0 amide bonds. The molecule has 17 heavy (non-hydrogen) atoms. The predicted octanol–water partition coefficient (Wildman–Crippen LogP) is -0.705. The summed E-state index contributed by atoms with van der Waals surface area (Å²) in [6, 6.07) is 0.474. The Labute approximate surface area is 103 Å². The van der Waals surface area contributed by atoms with Crippen LogP contribution in [0.15, 0.2) is 0 Å². The van der Waals surface area contributed by atoms with Crippen LogP contribution in [0.2, 0.25) is 0 Å². The molecule has 6 nitrogen and oxygen atoms in total. The van der Waals surface area contributed by atoms with Gasteiger partial charge in [-0.2, -0.15) is 12.7 Å². The molecule has 0 unspecified atom stereocenters. The monoisotopic (exact) mass is 263 g/mol. The Morgan fingerprint density at radius 3 is 2.76 bits per heavy atom. The Bertz CT molecular complexity index is 322. The van der Waals surface area contributed by atoms with Crippen LogP contribution in [0, 0.1) is 0 Å². The van der Waals surface area contributed by atoms with E-state index in [1.807, 2.05) is 0 Å². The van der Waals surface area contributed by atoms with Crippen LogP contribution in [0.3, 0.4) is 0 Å². The Hall–Kier alpha value is -0.210. The molecule has 7 heteroatoms. The number of ether oxygens (including phenoxy) is 1. The van der Waals surface area contributed by atoms with Crippen molar-refractivity contribution in [3.05, 3.63) is 0 Å². The molecular formula is C10H21N3O3S. The molecule has 100 valence electrons. The Kier molecular flexibility index (Phi) is 4.75. The average molecular weight is 263 g/mol. The van der Waals surface area contributed by atoms with Crippen molar-refractivity contribution in [3.8, 4) is 0 Å². The van der Waals surface area contributed by atoms with Crippen LogP contribution < -0.4 is 10.0 Å². The van der Waals surface area contributed by atoms with Crippen LogP contribution in [-0.4, -0.2) is 58.2 Å². The van der Waals surface area contributed by atoms with E-state index >= 15 is 0 Å². The first-order valence-corrected chi connectivity index (χ1v) is 7.68. The summed E-state index contributed by atoms with van der Waals surface area (Å²) >= 11 is 0. The van der Waals surface area contributed by atoms with Gasteiger partial charge in [-0.3, -0.25) is 0 Å². The van der Waals surface area contributed by atoms with Gasteiger partial charge in [-0.05, 0) is 25.8 Å². The van der Waals surface area contributed by atoms with Crippen molar-refractivity contribution in [1.29, 1.82) is 0 Å². The van der Waals surface area contributed by atoms with Crippen LogP contribution >= 0.6 is 0 Å². The third-order valence-corrected chi connectivity index (χ3v) is 4.86. The number of nitrogens with zero attached hydrogens (tertiary/aromatic N) is 1. The molecule has 0 radical (unpaired) electrons. The number of nitrogens with one attached hydrogen (secondary N) is 2. The number of morpholine rings is 1. The highest BCUT2D eigenvalue weighted by Crippen LogP contribution is 2.08. The molecule has 2 heterocycles. The third-order valence-electron chi connectivity index (χ3n) is 3.25. The van der Waals surface area contributed by atoms with Gasteiger partial charge < -0.3 is 10.1 Å². The van der Waals surface area contributed by atoms with E-state index in [2.05, 4.69) is 10.0 Å². The second-order valence-electron chi connectivity index (χ2n) is 4.49. The molecule has 0 aromatic rings. The van der Waals surface area contributed by atoms with Crippen LogP contribution in [0.25, 0.3) is 0 Å². The SMILES string of the molecule is O=S(=O)(NCC[C@@H]1CCCN1)N1CCOCC1. The van der Waals surface area contributed by atoms with Gasteiger partial charge in [-0.15, -0.1) is 0 Å². The third kappa shape index (κ3) is 3.89. The summed E-state index contributed by atoms with van der Waals surface area (Å²) in [5, 5.41) is 3.35. The van der Waals surface area contributed by atoms with E-state index in [1.165, 1.54) is 10.7 Å². The number of hydrogen-bond donors (Lipinski definition) is 2. The van der Waals surface area contributed by atoms with Crippen molar-refractivity contribution in [1.82, 2.24) is 14.3 Å². The van der Waals surface area contributed by atoms with E-state index in [9.17, 15) is 8.42 Å². The van der Waals surface area contributed by atoms with Gasteiger partial charge in [0, 0.05) is 25.7 Å². The van der Waals surface area contributed by atoms with Crippen molar-refractivity contribution >= 4 is 10.2 Å². The lowest BCUT2D eigenvalue weighted by atomic mass is 10.2. The van der Waals surface area contributed by atoms with Crippen molar-refractivity contribution in [3.63, 3.8) is 0 Å². The lowest BCUT2D eigenvalue weighted by molar-refractivity contribution is 0.0725. The van der Waals surface area contributed by atoms with E-state index in [0.717, 1.165) is 19.4 Å². The standard InChI is InChI=1S/C10H21N3O3S/c14-17(15,13-6-8-16-9-7-13)12-5-3-10-2-1-4-11-10/h10-12H,1-9H2/t10-/m0/s1. The quantitative estimate of drug-likeness (QED) is 0.688. The van der Waals surface area contributed by atoms with Gasteiger partial charge in [-0.25, -0.2) is 4.72 Å². The first kappa shape index (κ1) is 13.2. The zero-order valence-electron chi connectivity index (χ0n) is 10.0. The first-order chi connectivity index (χ1) is 8.18. The lowest BCUT2D eigenvalue weighted by Gasteiger charge is -2.26. The van der Waals surface area contributed by atoms with Crippen LogP contribution in [-0.2, 0) is 14.9 Å². The molecule has 2 aliphatic heterocycles. The highest BCUT2D eigenvalue weighted by Gasteiger charge is 2.24. The van der Waals surface area contributed by atoms with Gasteiger partial charge in [-0.1, -0.05) is 0 Å². The number of hydrogen-bond acceptors (Lipinski definition) is 4. The lowest BCUT2D eigenvalue weighted by Crippen LogP contribution is -2.47. The summed E-state index contributed by atoms with van der Waals surface area (Å²) in [5.41, 5.74) is 0. The highest BCUT2D eigenvalue weighted by atomic mass is 32.2. The molecule has 2 rings (SSSR count). The summed E-state index contributed by atoms with van der Waals surface area (Å²) in [7, 11) is -3.30. The van der Waals surface area contributed by atoms with Crippen LogP contribution in [0.4, 0.5) is 0 Å². The van der Waals surface area contributed by atoms with Gasteiger partial charge in [0.15, 0.2) is 0 Å². The maximum atomic E-state index is 11.9. The molecule has 0 aromatic carbocycles. The van der Waals surface area contributed by atoms with Crippen molar-refractivity contribution in [2.75, 3.05) is 39.4 Å². The molecular weight excluding hydrogens is 242 g/mol. The van der Waals surface area contributed by atoms with Gasteiger partial charge >= 0.3 is 0 Å². The summed E-state index contributed by atoms with van der Waals surface area (Å²) in [5.74, 6) is 0. The van der Waals surface area contributed by atoms with E-state index in [0.29, 0.717) is 38.9 Å². The van der Waals surface area contributed by atoms with Gasteiger partial charge in [0.2, 0.25) is 0 Å². The summed E-state index contributed by atoms with van der Waals surface area (Å²) in [6.07, 6.45) is 3.21. The minimum Gasteiger partial charge on any atom is -0.379 e. The van der Waals surface area contributed by atoms with Gasteiger partial charge in [0.05, 0.1) is 13.2 Å². The minimum atomic E-state index is -3.30. The van der Waals surface area contributed by atoms with Crippen molar-refractivity contribution in [2.45, 2.75) is 25.3 Å². The fourth-order valence-electron chi connectivity index (χ4n) is 2.24. The van der Waals surface area contributed by atoms with Gasteiger partial charge in [0.1, 0.15) is 0 Å². The molecule has 1 atom stereocenters. The summed E-state index contributed by atoms with van der Waals surface area (Å²) in [6.45, 7) is 3.46. The normalized spacial score (nSPS) is 27.4. The summed E-state index contributed by atoms with van der Waals surface area (Å²) in [4.78, 5) is 0. The predicted molar refractivity (Wildman–Crippen MR) is 65.0 cm³/mol. The molecule has 2 fully saturated rings. The van der Waals surface area contributed by atoms with Crippen molar-refractivity contribution < 1.29 is 13.2 Å². The van der Waals surface area contributed by atoms with Crippen molar-refractivity contribution in [2.24, 2.45) is 0 Å². The second-order valence-corrected chi connectivity index (χ2v) is 6.25. The molecule has 0 aromatic heterocycles. The molecule has 0 saturated carbocycles. The van der Waals surface area contributed by atoms with E-state index in [4.69, 9.17) is 4.74 Å². The van der Waals surface area contributed by atoms with E-state index in [1.54, 1.807) is 0 Å². The fraction of sp³-hybridized carbons (Fsp3) is 1.00. The smallest absolute Gasteiger partial charge is 0.279 e. The van der Waals surface area contributed by atoms with Crippen LogP contribution in [0.1, 0.15) is 19.3 Å². The first-order valence-electron chi connectivity index (χ1n) is 6.24. The molecule has 2 saturated heterocycles. The largest absolute Gasteiger partial charge is 0.379 e. The van der Waals surface area contributed by atoms with E-state index in [-0.39, 0.29) is 0 Å². The fourth-order valence-corrected chi connectivity index (χ4v) is 3.43. The Balaban J connectivity index is 1.72. The van der Waals surface area contributed by atoms with Gasteiger partial charge in [0.25, 0.3) is 10.2 Å². The minimum absolute atomic E-state index is 0.455. The molecule has 0 aliphatic carbocycles. The zero-order valence-corrected chi connectivity index (χ0v) is 10.8. The second kappa shape index (κ2) is 6.10. The molecule has 2 aliphatic rings. The average Bonchev–Trinajstić information content (AvgIpc) is 2.83. The Morgan fingerprint density at radius 2 is 2.12 bits per heavy atom. The Morgan fingerprint density at radius 1 is 1.35 bits per heavy atom. The van der Waals surface area contributed by atoms with Crippen LogP contribution in [0.5, 0.6) is 0 Å². The maximum Gasteiger partial charge on any atom is 0.279 e. The highest BCUT2D eigenvalue weighted by molar-refractivity contribution is 7.87. The number of rotatable bonds is 5. The maximum absolute atomic E-state index is 11.9. The molecule has 0 spiro atoms. The molecule has 0 bridgehead atoms. The topological polar surface area (TPSA) is 70.7 Å².